The fourth-order valence-electron chi connectivity index (χ4n) is 3.62. The van der Waals surface area contributed by atoms with Crippen LogP contribution in [0, 0.1) is 0 Å². The van der Waals surface area contributed by atoms with E-state index in [0.29, 0.717) is 11.3 Å². The highest BCUT2D eigenvalue weighted by Crippen LogP contribution is 2.43. The summed E-state index contributed by atoms with van der Waals surface area (Å²) in [5.74, 6) is 0. The monoisotopic (exact) mass is 396 g/mol. The quantitative estimate of drug-likeness (QED) is 0.715. The SMILES string of the molecule is ClC1=Nc2cc(C(NCC3CCCO3)=C3CC3)ccc2Sc2ccccc21. The van der Waals surface area contributed by atoms with Crippen molar-refractivity contribution < 1.29 is 4.74 Å². The highest BCUT2D eigenvalue weighted by atomic mass is 35.5. The van der Waals surface area contributed by atoms with E-state index in [-0.39, 0.29) is 0 Å². The molecule has 138 valence electrons. The van der Waals surface area contributed by atoms with Gasteiger partial charge in [-0.2, -0.15) is 0 Å². The van der Waals surface area contributed by atoms with E-state index in [1.807, 2.05) is 18.2 Å². The molecule has 1 atom stereocenters. The molecule has 27 heavy (non-hydrogen) atoms. The third-order valence-electron chi connectivity index (χ3n) is 5.18. The molecule has 5 heteroatoms. The molecule has 1 saturated heterocycles. The maximum Gasteiger partial charge on any atom is 0.138 e. The number of halogens is 1. The van der Waals surface area contributed by atoms with Crippen LogP contribution in [0.25, 0.3) is 5.70 Å². The number of aliphatic imine (C=N–C) groups is 1. The zero-order valence-electron chi connectivity index (χ0n) is 15.0. The maximum absolute atomic E-state index is 6.53. The number of hydrogen-bond donors (Lipinski definition) is 1. The highest BCUT2D eigenvalue weighted by Gasteiger charge is 2.23. The Labute approximate surface area is 168 Å². The number of ether oxygens (including phenoxy) is 1. The summed E-state index contributed by atoms with van der Waals surface area (Å²) in [5, 5.41) is 4.21. The van der Waals surface area contributed by atoms with Gasteiger partial charge in [0.1, 0.15) is 5.17 Å². The molecule has 1 N–H and O–H groups in total. The number of fused-ring (bicyclic) bond motifs is 2. The summed E-state index contributed by atoms with van der Waals surface area (Å²) in [6, 6.07) is 14.7. The predicted octanol–water partition coefficient (Wildman–Crippen LogP) is 5.74. The van der Waals surface area contributed by atoms with Gasteiger partial charge in [0.2, 0.25) is 0 Å². The number of rotatable bonds is 4. The van der Waals surface area contributed by atoms with Crippen molar-refractivity contribution in [2.45, 2.75) is 41.6 Å². The lowest BCUT2D eigenvalue weighted by Crippen LogP contribution is -2.25. The zero-order valence-corrected chi connectivity index (χ0v) is 16.6. The second-order valence-electron chi connectivity index (χ2n) is 7.18. The Morgan fingerprint density at radius 3 is 2.89 bits per heavy atom. The van der Waals surface area contributed by atoms with Gasteiger partial charge >= 0.3 is 0 Å². The van der Waals surface area contributed by atoms with Gasteiger partial charge in [0.25, 0.3) is 0 Å². The fourth-order valence-corrected chi connectivity index (χ4v) is 4.94. The lowest BCUT2D eigenvalue weighted by atomic mass is 10.1. The van der Waals surface area contributed by atoms with E-state index < -0.39 is 0 Å². The molecular formula is C22H21ClN2OS. The molecule has 2 aromatic carbocycles. The van der Waals surface area contributed by atoms with Gasteiger partial charge in [-0.15, -0.1) is 0 Å². The third-order valence-corrected chi connectivity index (χ3v) is 6.61. The second kappa shape index (κ2) is 7.34. The van der Waals surface area contributed by atoms with Gasteiger partial charge in [0.15, 0.2) is 0 Å². The lowest BCUT2D eigenvalue weighted by Gasteiger charge is -2.16. The first kappa shape index (κ1) is 17.4. The molecule has 2 aliphatic heterocycles. The number of benzene rings is 2. The fraction of sp³-hybridized carbons (Fsp3) is 0.318. The molecule has 2 aromatic rings. The third kappa shape index (κ3) is 3.66. The van der Waals surface area contributed by atoms with Gasteiger partial charge in [0, 0.05) is 34.2 Å². The van der Waals surface area contributed by atoms with Crippen molar-refractivity contribution in [3.05, 3.63) is 59.2 Å². The molecule has 3 aliphatic rings. The van der Waals surface area contributed by atoms with Crippen LogP contribution in [-0.2, 0) is 4.74 Å². The Morgan fingerprint density at radius 1 is 1.19 bits per heavy atom. The summed E-state index contributed by atoms with van der Waals surface area (Å²) >= 11 is 8.26. The van der Waals surface area contributed by atoms with Crippen molar-refractivity contribution in [1.29, 1.82) is 0 Å². The van der Waals surface area contributed by atoms with Crippen molar-refractivity contribution in [2.75, 3.05) is 13.2 Å². The molecule has 0 aromatic heterocycles. The van der Waals surface area contributed by atoms with Crippen LogP contribution < -0.4 is 5.32 Å². The number of nitrogens with zero attached hydrogens (tertiary/aromatic N) is 1. The van der Waals surface area contributed by atoms with Crippen molar-refractivity contribution in [3.8, 4) is 0 Å². The molecular weight excluding hydrogens is 376 g/mol. The Balaban J connectivity index is 1.46. The van der Waals surface area contributed by atoms with Crippen molar-refractivity contribution in [2.24, 2.45) is 4.99 Å². The summed E-state index contributed by atoms with van der Waals surface area (Å²) < 4.78 is 5.77. The first-order chi connectivity index (χ1) is 13.3. The van der Waals surface area contributed by atoms with Crippen LogP contribution in [0.1, 0.15) is 36.8 Å². The first-order valence-corrected chi connectivity index (χ1v) is 10.7. The summed E-state index contributed by atoms with van der Waals surface area (Å²) in [6.45, 7) is 1.77. The largest absolute Gasteiger partial charge is 0.382 e. The van der Waals surface area contributed by atoms with Gasteiger partial charge in [-0.25, -0.2) is 4.99 Å². The average Bonchev–Trinajstić information content (AvgIpc) is 3.41. The zero-order chi connectivity index (χ0) is 18.2. The van der Waals surface area contributed by atoms with Gasteiger partial charge in [-0.3, -0.25) is 0 Å². The van der Waals surface area contributed by atoms with E-state index in [4.69, 9.17) is 21.3 Å². The highest BCUT2D eigenvalue weighted by molar-refractivity contribution is 7.99. The van der Waals surface area contributed by atoms with Crippen LogP contribution in [0.2, 0.25) is 0 Å². The summed E-state index contributed by atoms with van der Waals surface area (Å²) in [7, 11) is 0. The minimum Gasteiger partial charge on any atom is -0.382 e. The van der Waals surface area contributed by atoms with E-state index in [1.165, 1.54) is 36.1 Å². The summed E-state index contributed by atoms with van der Waals surface area (Å²) in [6.07, 6.45) is 5.00. The maximum atomic E-state index is 6.53. The Hall–Kier alpha value is -1.75. The molecule has 0 amide bonds. The first-order valence-electron chi connectivity index (χ1n) is 9.51. The van der Waals surface area contributed by atoms with Crippen LogP contribution in [0.4, 0.5) is 5.69 Å². The lowest BCUT2D eigenvalue weighted by molar-refractivity contribution is 0.113. The number of hydrogen-bond acceptors (Lipinski definition) is 4. The van der Waals surface area contributed by atoms with Crippen molar-refractivity contribution in [3.63, 3.8) is 0 Å². The van der Waals surface area contributed by atoms with Gasteiger partial charge in [-0.05, 0) is 55.0 Å². The Kier molecular flexibility index (Phi) is 4.72. The van der Waals surface area contributed by atoms with Crippen LogP contribution in [0.5, 0.6) is 0 Å². The van der Waals surface area contributed by atoms with Crippen LogP contribution in [0.3, 0.4) is 0 Å². The Morgan fingerprint density at radius 2 is 2.07 bits per heavy atom. The minimum atomic E-state index is 0.331. The molecule has 2 heterocycles. The molecule has 5 rings (SSSR count). The van der Waals surface area contributed by atoms with Crippen molar-refractivity contribution >= 4 is 39.9 Å². The molecule has 0 bridgehead atoms. The van der Waals surface area contributed by atoms with Gasteiger partial charge in [0.05, 0.1) is 11.8 Å². The average molecular weight is 397 g/mol. The topological polar surface area (TPSA) is 33.6 Å². The van der Waals surface area contributed by atoms with E-state index >= 15 is 0 Å². The standard InChI is InChI=1S/C22H21ClN2OS/c23-22-17-5-1-2-6-19(17)27-20-10-9-15(12-18(20)25-22)21(14-7-8-14)24-13-16-4-3-11-26-16/h1-2,5-6,9-10,12,16,24H,3-4,7-8,11,13H2. The van der Waals surface area contributed by atoms with E-state index in [0.717, 1.165) is 40.6 Å². The molecule has 1 aliphatic carbocycles. The smallest absolute Gasteiger partial charge is 0.138 e. The van der Waals surface area contributed by atoms with Gasteiger partial charge in [-0.1, -0.05) is 47.6 Å². The number of nitrogens with one attached hydrogen (secondary N) is 1. The molecule has 2 fully saturated rings. The summed E-state index contributed by atoms with van der Waals surface area (Å²) in [4.78, 5) is 7.02. The normalized spacial score (nSPS) is 20.4. The van der Waals surface area contributed by atoms with Gasteiger partial charge < -0.3 is 10.1 Å². The summed E-state index contributed by atoms with van der Waals surface area (Å²) in [5.41, 5.74) is 5.88. The number of allylic oxidation sites excluding steroid dienone is 1. The minimum absolute atomic E-state index is 0.331. The van der Waals surface area contributed by atoms with Crippen LogP contribution in [0.15, 0.2) is 62.8 Å². The molecule has 3 nitrogen and oxygen atoms in total. The molecule has 0 radical (unpaired) electrons. The Bertz CT molecular complexity index is 941. The molecule has 1 saturated carbocycles. The van der Waals surface area contributed by atoms with Crippen LogP contribution >= 0.6 is 23.4 Å². The van der Waals surface area contributed by atoms with Crippen LogP contribution in [-0.4, -0.2) is 24.4 Å². The van der Waals surface area contributed by atoms with E-state index in [9.17, 15) is 0 Å². The molecule has 0 spiro atoms. The molecule has 1 unspecified atom stereocenters. The van der Waals surface area contributed by atoms with E-state index in [1.54, 1.807) is 11.8 Å². The van der Waals surface area contributed by atoms with E-state index in [2.05, 4.69) is 29.6 Å². The van der Waals surface area contributed by atoms with Crippen molar-refractivity contribution in [1.82, 2.24) is 5.32 Å². The second-order valence-corrected chi connectivity index (χ2v) is 8.62. The predicted molar refractivity (Wildman–Crippen MR) is 112 cm³/mol.